The van der Waals surface area contributed by atoms with Gasteiger partial charge in [0.05, 0.1) is 5.69 Å². The standard InChI is InChI=1S/C8H13ClN2S/c1-2-7-6-12-8(11-7)10-5-3-4-9/h6H,2-5H2,1H3,(H,10,11). The van der Waals surface area contributed by atoms with Crippen LogP contribution < -0.4 is 5.32 Å². The predicted octanol–water partition coefficient (Wildman–Crippen LogP) is 2.75. The van der Waals surface area contributed by atoms with Crippen molar-refractivity contribution in [2.24, 2.45) is 0 Å². The second-order valence-electron chi connectivity index (χ2n) is 2.47. The Kier molecular flexibility index (Phi) is 4.40. The maximum atomic E-state index is 5.54. The van der Waals surface area contributed by atoms with Gasteiger partial charge in [-0.3, -0.25) is 0 Å². The van der Waals surface area contributed by atoms with Crippen molar-refractivity contribution >= 4 is 28.1 Å². The quantitative estimate of drug-likeness (QED) is 0.590. The molecule has 0 bridgehead atoms. The number of hydrogen-bond acceptors (Lipinski definition) is 3. The molecule has 1 heterocycles. The van der Waals surface area contributed by atoms with Crippen molar-refractivity contribution in [3.05, 3.63) is 11.1 Å². The number of nitrogens with zero attached hydrogens (tertiary/aromatic N) is 1. The Balaban J connectivity index is 2.31. The molecule has 0 aliphatic rings. The van der Waals surface area contributed by atoms with Gasteiger partial charge in [-0.25, -0.2) is 4.98 Å². The summed E-state index contributed by atoms with van der Waals surface area (Å²) in [5, 5.41) is 6.32. The predicted molar refractivity (Wildman–Crippen MR) is 55.3 cm³/mol. The summed E-state index contributed by atoms with van der Waals surface area (Å²) in [5.41, 5.74) is 1.16. The molecule has 2 nitrogen and oxygen atoms in total. The molecule has 0 radical (unpaired) electrons. The largest absolute Gasteiger partial charge is 0.361 e. The molecule has 1 N–H and O–H groups in total. The number of thiazole rings is 1. The summed E-state index contributed by atoms with van der Waals surface area (Å²) < 4.78 is 0. The Morgan fingerprint density at radius 2 is 2.50 bits per heavy atom. The summed E-state index contributed by atoms with van der Waals surface area (Å²) in [6, 6.07) is 0. The minimum absolute atomic E-state index is 0.707. The number of nitrogens with one attached hydrogen (secondary N) is 1. The molecule has 1 aromatic heterocycles. The summed E-state index contributed by atoms with van der Waals surface area (Å²) in [6.07, 6.45) is 2.00. The van der Waals surface area contributed by atoms with Crippen molar-refractivity contribution in [2.45, 2.75) is 19.8 Å². The van der Waals surface area contributed by atoms with E-state index in [0.29, 0.717) is 5.88 Å². The van der Waals surface area contributed by atoms with E-state index in [4.69, 9.17) is 11.6 Å². The van der Waals surface area contributed by atoms with Gasteiger partial charge in [0.1, 0.15) is 0 Å². The molecule has 0 saturated carbocycles. The highest BCUT2D eigenvalue weighted by Crippen LogP contribution is 2.15. The summed E-state index contributed by atoms with van der Waals surface area (Å²) >= 11 is 7.20. The summed E-state index contributed by atoms with van der Waals surface area (Å²) in [6.45, 7) is 3.03. The third kappa shape index (κ3) is 2.99. The van der Waals surface area contributed by atoms with Gasteiger partial charge in [0.2, 0.25) is 0 Å². The van der Waals surface area contributed by atoms with Crippen LogP contribution in [0.25, 0.3) is 0 Å². The Bertz CT molecular complexity index is 225. The molecule has 1 aromatic rings. The van der Waals surface area contributed by atoms with Crippen LogP contribution >= 0.6 is 22.9 Å². The van der Waals surface area contributed by atoms with Crippen molar-refractivity contribution < 1.29 is 0 Å². The average Bonchev–Trinajstić information content (AvgIpc) is 2.53. The minimum atomic E-state index is 0.707. The fourth-order valence-corrected chi connectivity index (χ4v) is 1.77. The zero-order valence-corrected chi connectivity index (χ0v) is 8.71. The highest BCUT2D eigenvalue weighted by Gasteiger charge is 1.97. The van der Waals surface area contributed by atoms with Gasteiger partial charge in [0.15, 0.2) is 5.13 Å². The Labute approximate surface area is 82.0 Å². The summed E-state index contributed by atoms with van der Waals surface area (Å²) in [7, 11) is 0. The van der Waals surface area contributed by atoms with Crippen LogP contribution in [0, 0.1) is 0 Å². The molecular weight excluding hydrogens is 192 g/mol. The molecule has 1 rings (SSSR count). The number of halogens is 1. The van der Waals surface area contributed by atoms with Crippen molar-refractivity contribution in [1.82, 2.24) is 4.98 Å². The maximum Gasteiger partial charge on any atom is 0.182 e. The summed E-state index contributed by atoms with van der Waals surface area (Å²) in [5.74, 6) is 0.707. The first kappa shape index (κ1) is 9.81. The van der Waals surface area contributed by atoms with Gasteiger partial charge in [0, 0.05) is 17.8 Å². The third-order valence-electron chi connectivity index (χ3n) is 1.50. The first-order chi connectivity index (χ1) is 5.86. The van der Waals surface area contributed by atoms with Crippen LogP contribution in [0.3, 0.4) is 0 Å². The molecule has 0 aliphatic carbocycles. The fourth-order valence-electron chi connectivity index (χ4n) is 0.813. The second-order valence-corrected chi connectivity index (χ2v) is 3.70. The van der Waals surface area contributed by atoms with Gasteiger partial charge in [-0.15, -0.1) is 22.9 Å². The van der Waals surface area contributed by atoms with Crippen molar-refractivity contribution in [1.29, 1.82) is 0 Å². The van der Waals surface area contributed by atoms with Gasteiger partial charge in [-0.1, -0.05) is 6.92 Å². The van der Waals surface area contributed by atoms with Gasteiger partial charge in [-0.05, 0) is 12.8 Å². The number of rotatable bonds is 5. The van der Waals surface area contributed by atoms with Crippen molar-refractivity contribution in [3.8, 4) is 0 Å². The van der Waals surface area contributed by atoms with E-state index in [1.165, 1.54) is 0 Å². The first-order valence-electron chi connectivity index (χ1n) is 4.11. The number of hydrogen-bond donors (Lipinski definition) is 1. The van der Waals surface area contributed by atoms with Crippen molar-refractivity contribution in [3.63, 3.8) is 0 Å². The topological polar surface area (TPSA) is 24.9 Å². The molecule has 0 aromatic carbocycles. The number of aromatic nitrogens is 1. The van der Waals surface area contributed by atoms with E-state index in [0.717, 1.165) is 30.2 Å². The molecule has 4 heteroatoms. The number of alkyl halides is 1. The van der Waals surface area contributed by atoms with Gasteiger partial charge in [-0.2, -0.15) is 0 Å². The zero-order chi connectivity index (χ0) is 8.81. The monoisotopic (exact) mass is 204 g/mol. The SMILES string of the molecule is CCc1csc(NCCCCl)n1. The number of anilines is 1. The highest BCUT2D eigenvalue weighted by atomic mass is 35.5. The van der Waals surface area contributed by atoms with Gasteiger partial charge < -0.3 is 5.32 Å². The van der Waals surface area contributed by atoms with Crippen LogP contribution in [0.5, 0.6) is 0 Å². The average molecular weight is 205 g/mol. The van der Waals surface area contributed by atoms with Gasteiger partial charge >= 0.3 is 0 Å². The maximum absolute atomic E-state index is 5.54. The second kappa shape index (κ2) is 5.38. The molecule has 0 spiro atoms. The van der Waals surface area contributed by atoms with Crippen LogP contribution in [0.4, 0.5) is 5.13 Å². The molecular formula is C8H13ClN2S. The fraction of sp³-hybridized carbons (Fsp3) is 0.625. The van der Waals surface area contributed by atoms with E-state index < -0.39 is 0 Å². The van der Waals surface area contributed by atoms with E-state index in [-0.39, 0.29) is 0 Å². The lowest BCUT2D eigenvalue weighted by Crippen LogP contribution is -2.01. The Morgan fingerprint density at radius 3 is 3.08 bits per heavy atom. The van der Waals surface area contributed by atoms with Crippen LogP contribution in [-0.2, 0) is 6.42 Å². The van der Waals surface area contributed by atoms with E-state index in [1.54, 1.807) is 11.3 Å². The normalized spacial score (nSPS) is 10.2. The molecule has 12 heavy (non-hydrogen) atoms. The smallest absolute Gasteiger partial charge is 0.182 e. The third-order valence-corrected chi connectivity index (χ3v) is 2.62. The lowest BCUT2D eigenvalue weighted by molar-refractivity contribution is 0.975. The Morgan fingerprint density at radius 1 is 1.67 bits per heavy atom. The van der Waals surface area contributed by atoms with Crippen LogP contribution in [0.1, 0.15) is 19.0 Å². The molecule has 0 aliphatic heterocycles. The van der Waals surface area contributed by atoms with E-state index in [2.05, 4.69) is 22.6 Å². The lowest BCUT2D eigenvalue weighted by atomic mass is 10.4. The molecule has 0 saturated heterocycles. The molecule has 0 fully saturated rings. The van der Waals surface area contributed by atoms with Crippen LogP contribution in [0.15, 0.2) is 5.38 Å². The molecule has 68 valence electrons. The van der Waals surface area contributed by atoms with Crippen LogP contribution in [0.2, 0.25) is 0 Å². The molecule has 0 amide bonds. The summed E-state index contributed by atoms with van der Waals surface area (Å²) in [4.78, 5) is 4.36. The molecule has 0 unspecified atom stereocenters. The van der Waals surface area contributed by atoms with Gasteiger partial charge in [0.25, 0.3) is 0 Å². The van der Waals surface area contributed by atoms with Crippen LogP contribution in [-0.4, -0.2) is 17.4 Å². The van der Waals surface area contributed by atoms with Crippen molar-refractivity contribution in [2.75, 3.05) is 17.7 Å². The number of aryl methyl sites for hydroxylation is 1. The minimum Gasteiger partial charge on any atom is -0.361 e. The first-order valence-corrected chi connectivity index (χ1v) is 5.52. The Hall–Kier alpha value is -0.280. The van der Waals surface area contributed by atoms with E-state index in [9.17, 15) is 0 Å². The van der Waals surface area contributed by atoms with E-state index >= 15 is 0 Å². The zero-order valence-electron chi connectivity index (χ0n) is 7.14. The van der Waals surface area contributed by atoms with E-state index in [1.807, 2.05) is 0 Å². The highest BCUT2D eigenvalue weighted by molar-refractivity contribution is 7.13. The lowest BCUT2D eigenvalue weighted by Gasteiger charge is -1.98. The molecule has 0 atom stereocenters.